The van der Waals surface area contributed by atoms with Crippen LogP contribution in [0.15, 0.2) is 12.7 Å². The predicted molar refractivity (Wildman–Crippen MR) is 74.5 cm³/mol. The van der Waals surface area contributed by atoms with Gasteiger partial charge in [0.1, 0.15) is 12.7 Å². The fourth-order valence-electron chi connectivity index (χ4n) is 2.38. The first-order valence-corrected chi connectivity index (χ1v) is 6.72. The molecule has 0 spiro atoms. The summed E-state index contributed by atoms with van der Waals surface area (Å²) in [6.07, 6.45) is 6.49. The number of nitrogen functional groups attached to an aromatic ring is 1. The van der Waals surface area contributed by atoms with Gasteiger partial charge in [-0.05, 0) is 12.8 Å². The molecule has 1 fully saturated rings. The Bertz CT molecular complexity index is 594. The van der Waals surface area contributed by atoms with Gasteiger partial charge in [0.15, 0.2) is 0 Å². The number of hydrogen-bond donors (Lipinski definition) is 4. The molecule has 10 nitrogen and oxygen atoms in total. The number of aromatic nitrogens is 6. The van der Waals surface area contributed by atoms with Crippen LogP contribution in [0.4, 0.5) is 11.9 Å². The average Bonchev–Trinajstić information content (AvgIpc) is 3.17. The Morgan fingerprint density at radius 2 is 2.00 bits per heavy atom. The highest BCUT2D eigenvalue weighted by molar-refractivity contribution is 5.37. The van der Waals surface area contributed by atoms with Crippen molar-refractivity contribution in [1.82, 2.24) is 29.7 Å². The lowest BCUT2D eigenvalue weighted by Crippen LogP contribution is -2.34. The molecule has 3 rings (SSSR count). The van der Waals surface area contributed by atoms with Crippen LogP contribution in [-0.2, 0) is 0 Å². The number of nitrogens with two attached hydrogens (primary N) is 1. The van der Waals surface area contributed by atoms with Crippen molar-refractivity contribution in [2.45, 2.75) is 31.3 Å². The van der Waals surface area contributed by atoms with Crippen molar-refractivity contribution in [1.29, 1.82) is 0 Å². The number of nitrogens with zero attached hydrogens (tertiary/aromatic N) is 6. The molecule has 0 saturated heterocycles. The summed E-state index contributed by atoms with van der Waals surface area (Å²) >= 11 is 0. The predicted octanol–water partition coefficient (Wildman–Crippen LogP) is -0.545. The Labute approximate surface area is 120 Å². The van der Waals surface area contributed by atoms with Crippen LogP contribution in [0.1, 0.15) is 25.7 Å². The van der Waals surface area contributed by atoms with Crippen LogP contribution in [0.25, 0.3) is 5.95 Å². The van der Waals surface area contributed by atoms with Gasteiger partial charge < -0.3 is 10.4 Å². The van der Waals surface area contributed by atoms with E-state index in [-0.39, 0.29) is 11.9 Å². The van der Waals surface area contributed by atoms with Crippen molar-refractivity contribution in [3.8, 4) is 5.95 Å². The minimum Gasteiger partial charge on any atom is -0.388 e. The normalized spacial score (nSPS) is 16.9. The molecular weight excluding hydrogens is 274 g/mol. The number of anilines is 2. The van der Waals surface area contributed by atoms with Gasteiger partial charge in [0, 0.05) is 6.54 Å². The molecule has 0 amide bonds. The third-order valence-corrected chi connectivity index (χ3v) is 3.49. The van der Waals surface area contributed by atoms with Crippen LogP contribution in [0.3, 0.4) is 0 Å². The highest BCUT2D eigenvalue weighted by Gasteiger charge is 2.31. The van der Waals surface area contributed by atoms with Crippen molar-refractivity contribution < 1.29 is 5.11 Å². The van der Waals surface area contributed by atoms with E-state index in [1.165, 1.54) is 17.3 Å². The third-order valence-electron chi connectivity index (χ3n) is 3.49. The van der Waals surface area contributed by atoms with E-state index >= 15 is 0 Å². The van der Waals surface area contributed by atoms with Crippen molar-refractivity contribution >= 4 is 11.9 Å². The number of hydrogen-bond acceptors (Lipinski definition) is 9. The summed E-state index contributed by atoms with van der Waals surface area (Å²) in [6, 6.07) is 0. The van der Waals surface area contributed by atoms with Gasteiger partial charge in [0.2, 0.25) is 11.9 Å². The molecule has 1 saturated carbocycles. The average molecular weight is 291 g/mol. The summed E-state index contributed by atoms with van der Waals surface area (Å²) in [4.78, 5) is 16.3. The third kappa shape index (κ3) is 3.06. The molecule has 5 N–H and O–H groups in total. The summed E-state index contributed by atoms with van der Waals surface area (Å²) in [5.74, 6) is 6.18. The maximum atomic E-state index is 10.3. The first-order valence-electron chi connectivity index (χ1n) is 6.72. The molecule has 2 aromatic rings. The second kappa shape index (κ2) is 5.58. The smallest absolute Gasteiger partial charge is 0.258 e. The summed E-state index contributed by atoms with van der Waals surface area (Å²) in [5.41, 5.74) is 1.68. The summed E-state index contributed by atoms with van der Waals surface area (Å²) in [5, 5.41) is 17.3. The number of aliphatic hydroxyl groups is 1. The van der Waals surface area contributed by atoms with E-state index in [9.17, 15) is 5.11 Å². The highest BCUT2D eigenvalue weighted by Crippen LogP contribution is 2.29. The maximum absolute atomic E-state index is 10.3. The number of rotatable bonds is 5. The lowest BCUT2D eigenvalue weighted by Gasteiger charge is -2.22. The monoisotopic (exact) mass is 291 g/mol. The Morgan fingerprint density at radius 1 is 1.24 bits per heavy atom. The molecule has 2 heterocycles. The fraction of sp³-hybridized carbons (Fsp3) is 0.545. The van der Waals surface area contributed by atoms with Gasteiger partial charge in [-0.15, -0.1) is 0 Å². The van der Waals surface area contributed by atoms with Gasteiger partial charge in [0.05, 0.1) is 5.60 Å². The molecule has 0 radical (unpaired) electrons. The highest BCUT2D eigenvalue weighted by atomic mass is 16.3. The summed E-state index contributed by atoms with van der Waals surface area (Å²) in [7, 11) is 0. The molecule has 21 heavy (non-hydrogen) atoms. The summed E-state index contributed by atoms with van der Waals surface area (Å²) in [6.45, 7) is 0.387. The zero-order valence-electron chi connectivity index (χ0n) is 11.4. The van der Waals surface area contributed by atoms with Crippen molar-refractivity contribution in [3.63, 3.8) is 0 Å². The Kier molecular flexibility index (Phi) is 3.62. The topological polar surface area (TPSA) is 140 Å². The molecular formula is C11H17N9O. The molecule has 0 atom stereocenters. The van der Waals surface area contributed by atoms with E-state index in [0.29, 0.717) is 12.5 Å². The van der Waals surface area contributed by atoms with Crippen LogP contribution in [0.2, 0.25) is 0 Å². The Hall–Kier alpha value is -2.33. The standard InChI is InChI=1S/C11H17N9O/c12-19-9-16-8(14-5-11(21)3-1-2-4-11)17-10(18-9)20-7-13-6-15-20/h6-7,21H,1-5,12H2,(H2,14,16,17,18,19). The van der Waals surface area contributed by atoms with Crippen molar-refractivity contribution in [3.05, 3.63) is 12.7 Å². The SMILES string of the molecule is NNc1nc(NCC2(O)CCCC2)nc(-n2cncn2)n1. The maximum Gasteiger partial charge on any atom is 0.258 e. The molecule has 2 aromatic heterocycles. The first-order chi connectivity index (χ1) is 10.2. The zero-order chi connectivity index (χ0) is 14.7. The quantitative estimate of drug-likeness (QED) is 0.422. The molecule has 0 bridgehead atoms. The van der Waals surface area contributed by atoms with Crippen molar-refractivity contribution in [2.75, 3.05) is 17.3 Å². The van der Waals surface area contributed by atoms with Gasteiger partial charge in [-0.2, -0.15) is 24.7 Å². The second-order valence-corrected chi connectivity index (χ2v) is 5.05. The Morgan fingerprint density at radius 3 is 2.67 bits per heavy atom. The van der Waals surface area contributed by atoms with Crippen LogP contribution in [0, 0.1) is 0 Å². The van der Waals surface area contributed by atoms with Gasteiger partial charge in [-0.1, -0.05) is 12.8 Å². The molecule has 0 aliphatic heterocycles. The largest absolute Gasteiger partial charge is 0.388 e. The molecule has 112 valence electrons. The summed E-state index contributed by atoms with van der Waals surface area (Å²) < 4.78 is 1.40. The van der Waals surface area contributed by atoms with Crippen LogP contribution >= 0.6 is 0 Å². The first kappa shape index (κ1) is 13.6. The van der Waals surface area contributed by atoms with E-state index in [4.69, 9.17) is 5.84 Å². The molecule has 0 aromatic carbocycles. The van der Waals surface area contributed by atoms with Crippen LogP contribution < -0.4 is 16.6 Å². The molecule has 0 unspecified atom stereocenters. The lowest BCUT2D eigenvalue weighted by atomic mass is 10.0. The fourth-order valence-corrected chi connectivity index (χ4v) is 2.38. The molecule has 10 heteroatoms. The van der Waals surface area contributed by atoms with E-state index in [2.05, 4.69) is 35.8 Å². The van der Waals surface area contributed by atoms with E-state index in [1.807, 2.05) is 0 Å². The number of hydrazine groups is 1. The van der Waals surface area contributed by atoms with E-state index in [1.54, 1.807) is 0 Å². The van der Waals surface area contributed by atoms with Gasteiger partial charge in [-0.25, -0.2) is 10.8 Å². The van der Waals surface area contributed by atoms with Gasteiger partial charge in [0.25, 0.3) is 5.95 Å². The molecule has 1 aliphatic carbocycles. The van der Waals surface area contributed by atoms with E-state index < -0.39 is 5.60 Å². The second-order valence-electron chi connectivity index (χ2n) is 5.05. The number of nitrogens with one attached hydrogen (secondary N) is 2. The van der Waals surface area contributed by atoms with Gasteiger partial charge >= 0.3 is 0 Å². The minimum absolute atomic E-state index is 0.205. The lowest BCUT2D eigenvalue weighted by molar-refractivity contribution is 0.0613. The minimum atomic E-state index is -0.698. The van der Waals surface area contributed by atoms with Crippen LogP contribution in [0.5, 0.6) is 0 Å². The van der Waals surface area contributed by atoms with Crippen LogP contribution in [-0.4, -0.2) is 47.0 Å². The Balaban J connectivity index is 1.79. The van der Waals surface area contributed by atoms with Crippen molar-refractivity contribution in [2.24, 2.45) is 5.84 Å². The van der Waals surface area contributed by atoms with Gasteiger partial charge in [-0.3, -0.25) is 5.43 Å². The zero-order valence-corrected chi connectivity index (χ0v) is 11.4. The molecule has 1 aliphatic rings. The van der Waals surface area contributed by atoms with E-state index in [0.717, 1.165) is 25.7 Å².